The van der Waals surface area contributed by atoms with Gasteiger partial charge in [0, 0.05) is 16.0 Å². The summed E-state index contributed by atoms with van der Waals surface area (Å²) >= 11 is 4.42. The van der Waals surface area contributed by atoms with E-state index >= 15 is 0 Å². The minimum Gasteiger partial charge on any atom is -0.289 e. The zero-order valence-corrected chi connectivity index (χ0v) is 9.50. The van der Waals surface area contributed by atoms with Crippen LogP contribution < -0.4 is 0 Å². The molecule has 2 aromatic rings. The van der Waals surface area contributed by atoms with Crippen molar-refractivity contribution in [2.24, 2.45) is 0 Å². The summed E-state index contributed by atoms with van der Waals surface area (Å²) < 4.78 is 0. The van der Waals surface area contributed by atoms with Crippen molar-refractivity contribution in [3.8, 4) is 0 Å². The minimum atomic E-state index is 0.118. The van der Waals surface area contributed by atoms with E-state index in [1.165, 1.54) is 0 Å². The van der Waals surface area contributed by atoms with Crippen molar-refractivity contribution in [3.05, 3.63) is 64.7 Å². The van der Waals surface area contributed by atoms with E-state index in [-0.39, 0.29) is 5.78 Å². The van der Waals surface area contributed by atoms with Gasteiger partial charge in [0.1, 0.15) is 0 Å². The standard InChI is InChI=1S/C14H10OS/c15-14-10-5-2-1-4-9(10)8-12-11(14)6-3-7-13(12)16/h1-7,16H,8H2. The van der Waals surface area contributed by atoms with Gasteiger partial charge < -0.3 is 0 Å². The zero-order valence-electron chi connectivity index (χ0n) is 8.60. The van der Waals surface area contributed by atoms with Crippen LogP contribution >= 0.6 is 12.6 Å². The van der Waals surface area contributed by atoms with Crippen molar-refractivity contribution in [2.75, 3.05) is 0 Å². The lowest BCUT2D eigenvalue weighted by molar-refractivity contribution is 0.103. The molecule has 1 aliphatic carbocycles. The first-order valence-electron chi connectivity index (χ1n) is 5.21. The summed E-state index contributed by atoms with van der Waals surface area (Å²) in [4.78, 5) is 13.1. The second-order valence-corrected chi connectivity index (χ2v) is 4.45. The van der Waals surface area contributed by atoms with E-state index in [2.05, 4.69) is 12.6 Å². The number of fused-ring (bicyclic) bond motifs is 2. The first-order valence-corrected chi connectivity index (χ1v) is 5.65. The fourth-order valence-corrected chi connectivity index (χ4v) is 2.49. The van der Waals surface area contributed by atoms with Gasteiger partial charge in [0.25, 0.3) is 0 Å². The Morgan fingerprint density at radius 2 is 1.69 bits per heavy atom. The molecule has 0 aromatic heterocycles. The average Bonchev–Trinajstić information content (AvgIpc) is 2.31. The topological polar surface area (TPSA) is 17.1 Å². The third-order valence-electron chi connectivity index (χ3n) is 3.03. The maximum Gasteiger partial charge on any atom is 0.193 e. The summed E-state index contributed by atoms with van der Waals surface area (Å²) in [5.74, 6) is 0.118. The summed E-state index contributed by atoms with van der Waals surface area (Å²) in [7, 11) is 0. The molecule has 1 nitrogen and oxygen atoms in total. The Morgan fingerprint density at radius 3 is 2.56 bits per heavy atom. The number of hydrogen-bond acceptors (Lipinski definition) is 2. The Balaban J connectivity index is 2.26. The lowest BCUT2D eigenvalue weighted by Crippen LogP contribution is -2.15. The largest absolute Gasteiger partial charge is 0.289 e. The molecule has 2 heteroatoms. The quantitative estimate of drug-likeness (QED) is 0.583. The molecule has 0 atom stereocenters. The molecule has 0 aliphatic heterocycles. The van der Waals surface area contributed by atoms with Crippen LogP contribution in [0.3, 0.4) is 0 Å². The van der Waals surface area contributed by atoms with Gasteiger partial charge >= 0.3 is 0 Å². The molecule has 0 heterocycles. The van der Waals surface area contributed by atoms with Gasteiger partial charge in [0.05, 0.1) is 0 Å². The van der Waals surface area contributed by atoms with E-state index in [0.29, 0.717) is 0 Å². The Kier molecular flexibility index (Phi) is 2.11. The molecule has 16 heavy (non-hydrogen) atoms. The number of ketones is 1. The third-order valence-corrected chi connectivity index (χ3v) is 3.44. The monoisotopic (exact) mass is 226 g/mol. The van der Waals surface area contributed by atoms with Crippen molar-refractivity contribution >= 4 is 18.4 Å². The second kappa shape index (κ2) is 3.49. The van der Waals surface area contributed by atoms with Crippen LogP contribution in [0.2, 0.25) is 0 Å². The Labute approximate surface area is 99.5 Å². The lowest BCUT2D eigenvalue weighted by atomic mass is 9.85. The highest BCUT2D eigenvalue weighted by atomic mass is 32.1. The normalized spacial score (nSPS) is 13.2. The molecule has 0 saturated heterocycles. The van der Waals surface area contributed by atoms with Gasteiger partial charge in [0.2, 0.25) is 0 Å². The van der Waals surface area contributed by atoms with E-state index in [1.54, 1.807) is 0 Å². The number of carbonyl (C=O) groups is 1. The van der Waals surface area contributed by atoms with Gasteiger partial charge in [-0.3, -0.25) is 4.79 Å². The molecule has 1 aliphatic rings. The van der Waals surface area contributed by atoms with Crippen LogP contribution in [0.1, 0.15) is 27.0 Å². The van der Waals surface area contributed by atoms with Crippen LogP contribution in [0.4, 0.5) is 0 Å². The highest BCUT2D eigenvalue weighted by Gasteiger charge is 2.23. The minimum absolute atomic E-state index is 0.118. The molecule has 0 fully saturated rings. The Bertz CT molecular complexity index is 587. The number of benzene rings is 2. The maximum atomic E-state index is 12.2. The molecular weight excluding hydrogens is 216 g/mol. The van der Waals surface area contributed by atoms with Gasteiger partial charge in [-0.05, 0) is 23.6 Å². The number of rotatable bonds is 0. The van der Waals surface area contributed by atoms with Crippen LogP contribution in [0, 0.1) is 0 Å². The van der Waals surface area contributed by atoms with E-state index < -0.39 is 0 Å². The Hall–Kier alpha value is -1.54. The Morgan fingerprint density at radius 1 is 0.938 bits per heavy atom. The highest BCUT2D eigenvalue weighted by Crippen LogP contribution is 2.30. The molecular formula is C14H10OS. The molecule has 0 bridgehead atoms. The maximum absolute atomic E-state index is 12.2. The van der Waals surface area contributed by atoms with Crippen molar-refractivity contribution < 1.29 is 4.79 Å². The molecule has 3 rings (SSSR count). The predicted octanol–water partition coefficient (Wildman–Crippen LogP) is 3.11. The van der Waals surface area contributed by atoms with E-state index in [4.69, 9.17) is 0 Å². The van der Waals surface area contributed by atoms with Crippen molar-refractivity contribution in [2.45, 2.75) is 11.3 Å². The molecule has 78 valence electrons. The molecule has 0 amide bonds. The van der Waals surface area contributed by atoms with Gasteiger partial charge in [-0.25, -0.2) is 0 Å². The summed E-state index contributed by atoms with van der Waals surface area (Å²) in [5, 5.41) is 0. The van der Waals surface area contributed by atoms with Gasteiger partial charge in [-0.2, -0.15) is 0 Å². The summed E-state index contributed by atoms with van der Waals surface area (Å²) in [5.41, 5.74) is 3.77. The number of thiol groups is 1. The van der Waals surface area contributed by atoms with Crippen LogP contribution in [0.25, 0.3) is 0 Å². The predicted molar refractivity (Wildman–Crippen MR) is 66.4 cm³/mol. The second-order valence-electron chi connectivity index (χ2n) is 3.97. The average molecular weight is 226 g/mol. The van der Waals surface area contributed by atoms with E-state index in [1.807, 2.05) is 42.5 Å². The number of carbonyl (C=O) groups excluding carboxylic acids is 1. The van der Waals surface area contributed by atoms with Crippen molar-refractivity contribution in [3.63, 3.8) is 0 Å². The summed E-state index contributed by atoms with van der Waals surface area (Å²) in [6.07, 6.45) is 0.802. The van der Waals surface area contributed by atoms with E-state index in [0.717, 1.165) is 33.6 Å². The van der Waals surface area contributed by atoms with Crippen LogP contribution in [-0.4, -0.2) is 5.78 Å². The fraction of sp³-hybridized carbons (Fsp3) is 0.0714. The first-order chi connectivity index (χ1) is 7.77. The molecule has 0 spiro atoms. The van der Waals surface area contributed by atoms with Gasteiger partial charge in [-0.1, -0.05) is 36.4 Å². The molecule has 0 radical (unpaired) electrons. The van der Waals surface area contributed by atoms with Crippen molar-refractivity contribution in [1.29, 1.82) is 0 Å². The fourth-order valence-electron chi connectivity index (χ4n) is 2.20. The molecule has 2 aromatic carbocycles. The first kappa shape index (κ1) is 9.67. The van der Waals surface area contributed by atoms with Crippen LogP contribution in [-0.2, 0) is 6.42 Å². The highest BCUT2D eigenvalue weighted by molar-refractivity contribution is 7.80. The molecule has 0 saturated carbocycles. The molecule has 0 N–H and O–H groups in total. The molecule has 0 unspecified atom stereocenters. The van der Waals surface area contributed by atoms with E-state index in [9.17, 15) is 4.79 Å². The lowest BCUT2D eigenvalue weighted by Gasteiger charge is -2.19. The van der Waals surface area contributed by atoms with Crippen LogP contribution in [0.15, 0.2) is 47.4 Å². The summed E-state index contributed by atoms with van der Waals surface area (Å²) in [6.45, 7) is 0. The number of hydrogen-bond donors (Lipinski definition) is 1. The summed E-state index contributed by atoms with van der Waals surface area (Å²) in [6, 6.07) is 13.5. The van der Waals surface area contributed by atoms with Crippen LogP contribution in [0.5, 0.6) is 0 Å². The van der Waals surface area contributed by atoms with Gasteiger partial charge in [-0.15, -0.1) is 12.6 Å². The van der Waals surface area contributed by atoms with Gasteiger partial charge in [0.15, 0.2) is 5.78 Å². The SMILES string of the molecule is O=C1c2ccccc2Cc2c(S)cccc21. The third kappa shape index (κ3) is 1.30. The zero-order chi connectivity index (χ0) is 11.1. The van der Waals surface area contributed by atoms with Crippen molar-refractivity contribution in [1.82, 2.24) is 0 Å². The smallest absolute Gasteiger partial charge is 0.193 e.